The van der Waals surface area contributed by atoms with Crippen LogP contribution in [0.4, 0.5) is 0 Å². The number of ether oxygens (including phenoxy) is 1. The smallest absolute Gasteiger partial charge is 0.215 e. The molecular weight excluding hydrogens is 196 g/mol. The van der Waals surface area contributed by atoms with E-state index < -0.39 is 0 Å². The third kappa shape index (κ3) is 1.69. The number of carbonyl (C=O) groups excluding carboxylic acids is 1. The van der Waals surface area contributed by atoms with Gasteiger partial charge in [0.2, 0.25) is 5.88 Å². The Labute approximate surface area is 85.5 Å². The van der Waals surface area contributed by atoms with Gasteiger partial charge in [0.15, 0.2) is 6.29 Å². The summed E-state index contributed by atoms with van der Waals surface area (Å²) in [6.45, 7) is 0. The predicted molar refractivity (Wildman–Crippen MR) is 51.1 cm³/mol. The van der Waals surface area contributed by atoms with Crippen molar-refractivity contribution in [1.82, 2.24) is 20.0 Å². The van der Waals surface area contributed by atoms with Gasteiger partial charge in [0.05, 0.1) is 25.1 Å². The van der Waals surface area contributed by atoms with Crippen LogP contribution in [0.5, 0.6) is 5.88 Å². The second-order valence-electron chi connectivity index (χ2n) is 2.72. The number of methoxy groups -OCH3 is 1. The fraction of sp³-hybridized carbons (Fsp3) is 0.111. The Morgan fingerprint density at radius 2 is 2.13 bits per heavy atom. The maximum absolute atomic E-state index is 10.8. The largest absolute Gasteiger partial charge is 0.481 e. The van der Waals surface area contributed by atoms with Gasteiger partial charge in [0, 0.05) is 12.3 Å². The molecule has 2 rings (SSSR count). The maximum atomic E-state index is 10.8. The summed E-state index contributed by atoms with van der Waals surface area (Å²) < 4.78 is 4.96. The Morgan fingerprint density at radius 3 is 2.73 bits per heavy atom. The number of rotatable bonds is 3. The van der Waals surface area contributed by atoms with Crippen molar-refractivity contribution in [2.24, 2.45) is 0 Å². The lowest BCUT2D eigenvalue weighted by Gasteiger charge is -2.04. The fourth-order valence-corrected chi connectivity index (χ4v) is 1.15. The van der Waals surface area contributed by atoms with E-state index in [0.717, 1.165) is 0 Å². The molecule has 0 N–H and O–H groups in total. The van der Waals surface area contributed by atoms with Crippen molar-refractivity contribution in [2.75, 3.05) is 7.11 Å². The van der Waals surface area contributed by atoms with Crippen LogP contribution in [0.25, 0.3) is 5.69 Å². The molecule has 2 aromatic rings. The molecule has 0 aromatic carbocycles. The number of aromatic nitrogens is 4. The summed E-state index contributed by atoms with van der Waals surface area (Å²) in [4.78, 5) is 16.0. The van der Waals surface area contributed by atoms with Gasteiger partial charge in [0.1, 0.15) is 5.69 Å². The topological polar surface area (TPSA) is 69.9 Å². The third-order valence-electron chi connectivity index (χ3n) is 1.86. The number of carbonyl (C=O) groups is 1. The lowest BCUT2D eigenvalue weighted by molar-refractivity contribution is 0.112. The monoisotopic (exact) mass is 204 g/mol. The van der Waals surface area contributed by atoms with Crippen LogP contribution < -0.4 is 4.74 Å². The molecule has 0 atom stereocenters. The maximum Gasteiger partial charge on any atom is 0.215 e. The van der Waals surface area contributed by atoms with E-state index in [1.165, 1.54) is 30.5 Å². The van der Waals surface area contributed by atoms with Gasteiger partial charge in [-0.3, -0.25) is 4.79 Å². The Hall–Kier alpha value is -2.24. The average molecular weight is 204 g/mol. The van der Waals surface area contributed by atoms with E-state index in [-0.39, 0.29) is 0 Å². The summed E-state index contributed by atoms with van der Waals surface area (Å²) in [6.07, 6.45) is 5.18. The van der Waals surface area contributed by atoms with Crippen molar-refractivity contribution in [3.8, 4) is 11.6 Å². The Bertz CT molecular complexity index is 467. The number of hydrogen-bond acceptors (Lipinski definition) is 5. The standard InChI is InChI=1S/C9H8N4O2/c1-15-9-4-8(7(6-14)5-10-9)13-11-2-3-12-13/h2-6H,1H3. The van der Waals surface area contributed by atoms with Gasteiger partial charge in [-0.15, -0.1) is 0 Å². The molecule has 0 aliphatic rings. The Kier molecular flexibility index (Phi) is 2.40. The molecule has 2 heterocycles. The van der Waals surface area contributed by atoms with Gasteiger partial charge in [-0.25, -0.2) is 4.98 Å². The SMILES string of the molecule is COc1cc(-n2nccn2)c(C=O)cn1. The van der Waals surface area contributed by atoms with Crippen molar-refractivity contribution in [1.29, 1.82) is 0 Å². The molecule has 0 spiro atoms. The first kappa shape index (κ1) is 9.32. The third-order valence-corrected chi connectivity index (χ3v) is 1.86. The summed E-state index contributed by atoms with van der Waals surface area (Å²) >= 11 is 0. The number of nitrogens with zero attached hydrogens (tertiary/aromatic N) is 4. The molecule has 0 aliphatic heterocycles. The lowest BCUT2D eigenvalue weighted by Crippen LogP contribution is -2.04. The van der Waals surface area contributed by atoms with Gasteiger partial charge < -0.3 is 4.74 Å². The van der Waals surface area contributed by atoms with E-state index in [2.05, 4.69) is 15.2 Å². The van der Waals surface area contributed by atoms with E-state index in [1.54, 1.807) is 6.07 Å². The first-order chi connectivity index (χ1) is 7.35. The molecule has 0 saturated heterocycles. The molecular formula is C9H8N4O2. The summed E-state index contributed by atoms with van der Waals surface area (Å²) in [5.41, 5.74) is 0.953. The molecule has 2 aromatic heterocycles. The number of aldehydes is 1. The first-order valence-corrected chi connectivity index (χ1v) is 4.21. The van der Waals surface area contributed by atoms with Crippen LogP contribution >= 0.6 is 0 Å². The predicted octanol–water partition coefficient (Wildman–Crippen LogP) is 0.483. The first-order valence-electron chi connectivity index (χ1n) is 4.21. The molecule has 15 heavy (non-hydrogen) atoms. The minimum absolute atomic E-state index is 0.409. The summed E-state index contributed by atoms with van der Waals surface area (Å²) in [5.74, 6) is 0.410. The molecule has 0 saturated carbocycles. The van der Waals surface area contributed by atoms with Crippen LogP contribution in [-0.4, -0.2) is 33.4 Å². The normalized spacial score (nSPS) is 9.93. The molecule has 6 heteroatoms. The summed E-state index contributed by atoms with van der Waals surface area (Å²) in [6, 6.07) is 1.60. The second-order valence-corrected chi connectivity index (χ2v) is 2.72. The minimum atomic E-state index is 0.409. The van der Waals surface area contributed by atoms with Crippen LogP contribution in [0, 0.1) is 0 Å². The van der Waals surface area contributed by atoms with E-state index in [1.807, 2.05) is 0 Å². The van der Waals surface area contributed by atoms with Gasteiger partial charge in [0.25, 0.3) is 0 Å². The van der Waals surface area contributed by atoms with Crippen molar-refractivity contribution >= 4 is 6.29 Å². The summed E-state index contributed by atoms with van der Waals surface area (Å²) in [7, 11) is 1.50. The minimum Gasteiger partial charge on any atom is -0.481 e. The van der Waals surface area contributed by atoms with Crippen LogP contribution in [0.2, 0.25) is 0 Å². The molecule has 6 nitrogen and oxygen atoms in total. The fourth-order valence-electron chi connectivity index (χ4n) is 1.15. The lowest BCUT2D eigenvalue weighted by atomic mass is 10.2. The zero-order chi connectivity index (χ0) is 10.7. The Balaban J connectivity index is 2.56. The molecule has 0 aliphatic carbocycles. The van der Waals surface area contributed by atoms with Crippen LogP contribution in [0.15, 0.2) is 24.7 Å². The highest BCUT2D eigenvalue weighted by atomic mass is 16.5. The van der Waals surface area contributed by atoms with E-state index in [0.29, 0.717) is 23.4 Å². The molecule has 76 valence electrons. The zero-order valence-electron chi connectivity index (χ0n) is 7.99. The van der Waals surface area contributed by atoms with Crippen LogP contribution in [-0.2, 0) is 0 Å². The average Bonchev–Trinajstić information content (AvgIpc) is 2.81. The van der Waals surface area contributed by atoms with Crippen molar-refractivity contribution < 1.29 is 9.53 Å². The number of hydrogen-bond donors (Lipinski definition) is 0. The zero-order valence-corrected chi connectivity index (χ0v) is 7.99. The van der Waals surface area contributed by atoms with Gasteiger partial charge in [-0.1, -0.05) is 0 Å². The van der Waals surface area contributed by atoms with Crippen molar-refractivity contribution in [3.63, 3.8) is 0 Å². The molecule has 0 bridgehead atoms. The van der Waals surface area contributed by atoms with E-state index in [4.69, 9.17) is 4.74 Å². The van der Waals surface area contributed by atoms with Crippen molar-refractivity contribution in [2.45, 2.75) is 0 Å². The van der Waals surface area contributed by atoms with Gasteiger partial charge in [-0.2, -0.15) is 15.0 Å². The highest BCUT2D eigenvalue weighted by molar-refractivity contribution is 5.80. The van der Waals surface area contributed by atoms with Crippen molar-refractivity contribution in [3.05, 3.63) is 30.2 Å². The van der Waals surface area contributed by atoms with E-state index >= 15 is 0 Å². The van der Waals surface area contributed by atoms with Gasteiger partial charge >= 0.3 is 0 Å². The quantitative estimate of drug-likeness (QED) is 0.680. The van der Waals surface area contributed by atoms with Crippen LogP contribution in [0.1, 0.15) is 10.4 Å². The molecule has 0 radical (unpaired) electrons. The highest BCUT2D eigenvalue weighted by Crippen LogP contribution is 2.15. The molecule has 0 unspecified atom stereocenters. The Morgan fingerprint density at radius 1 is 1.40 bits per heavy atom. The number of pyridine rings is 1. The summed E-state index contributed by atoms with van der Waals surface area (Å²) in [5, 5.41) is 7.87. The molecule has 0 amide bonds. The van der Waals surface area contributed by atoms with Gasteiger partial charge in [-0.05, 0) is 0 Å². The van der Waals surface area contributed by atoms with E-state index in [9.17, 15) is 4.79 Å². The molecule has 0 fully saturated rings. The highest BCUT2D eigenvalue weighted by Gasteiger charge is 2.07. The second kappa shape index (κ2) is 3.87. The van der Waals surface area contributed by atoms with Crippen LogP contribution in [0.3, 0.4) is 0 Å².